The Morgan fingerprint density at radius 2 is 1.14 bits per heavy atom. The largest absolute Gasteiger partial charge is 0.432 e. The standard InChI is InChI=1S/C59H96O26/c1-24-34(63)38(67)42(71)49(78-24)83-46-29(20-60)80-48(45(74)41(46)70)77-22-30-37(66)40(69)44(73)51(81-30)85-53(75)59-17-15-54(3,4)19-27(59)26-9-10-32-55(5)13-12-33(56(6,23-61)31(55)11-14-58(32,8)57(26,7)16-18-59)82-52-47(36(65)28(62)21-76-52)84-50-43(72)39(68)35(64)25(2)79-50/h9,24-25,27-52,60-74H,10-23H2,1-8H3/t24-,25-,27-,28-,29+,30+,31+,32+,33?,34-,35-,36-,37+,38+,39+,40-,41+,42+,43+,44+,45+,46+,47+,48+,49-,50-,51-,52-,55-,56-,57+,58+,59-/m0/s1. The summed E-state index contributed by atoms with van der Waals surface area (Å²) in [7, 11) is 0. The zero-order valence-corrected chi connectivity index (χ0v) is 49.8. The second-order valence-corrected chi connectivity index (χ2v) is 28.5. The number of hydrogen-bond acceptors (Lipinski definition) is 26. The van der Waals surface area contributed by atoms with E-state index in [0.29, 0.717) is 51.4 Å². The summed E-state index contributed by atoms with van der Waals surface area (Å²) < 4.78 is 59.4. The fraction of sp³-hybridized carbons (Fsp3) is 0.949. The fourth-order valence-corrected chi connectivity index (χ4v) is 17.5. The van der Waals surface area contributed by atoms with Crippen LogP contribution in [0, 0.1) is 50.2 Å². The lowest BCUT2D eigenvalue weighted by Crippen LogP contribution is -2.67. The van der Waals surface area contributed by atoms with Crippen molar-refractivity contribution in [2.75, 3.05) is 26.4 Å². The van der Waals surface area contributed by atoms with Crippen molar-refractivity contribution in [3.8, 4) is 0 Å². The number of ether oxygens (including phenoxy) is 10. The Balaban J connectivity index is 0.833. The summed E-state index contributed by atoms with van der Waals surface area (Å²) in [5.74, 6) is -0.861. The van der Waals surface area contributed by atoms with Crippen LogP contribution in [0.3, 0.4) is 0 Å². The van der Waals surface area contributed by atoms with Crippen LogP contribution >= 0.6 is 0 Å². The van der Waals surface area contributed by atoms with Gasteiger partial charge in [0.2, 0.25) is 6.29 Å². The first-order valence-electron chi connectivity index (χ1n) is 30.6. The average Bonchev–Trinajstić information content (AvgIpc) is 0.692. The molecule has 15 N–H and O–H groups in total. The Bertz CT molecular complexity index is 2370. The van der Waals surface area contributed by atoms with Crippen LogP contribution in [-0.2, 0) is 52.2 Å². The molecule has 0 aromatic heterocycles. The van der Waals surface area contributed by atoms with E-state index >= 15 is 4.79 Å². The molecule has 0 aromatic carbocycles. The number of carbonyl (C=O) groups is 1. The van der Waals surface area contributed by atoms with E-state index in [1.54, 1.807) is 0 Å². The fourth-order valence-electron chi connectivity index (χ4n) is 17.5. The Morgan fingerprint density at radius 1 is 0.565 bits per heavy atom. The minimum atomic E-state index is -1.90. The third-order valence-electron chi connectivity index (χ3n) is 23.2. The molecule has 5 aliphatic heterocycles. The number of fused-ring (bicyclic) bond motifs is 7. The molecule has 4 saturated carbocycles. The van der Waals surface area contributed by atoms with E-state index in [4.69, 9.17) is 47.4 Å². The summed E-state index contributed by atoms with van der Waals surface area (Å²) >= 11 is 0. The number of esters is 1. The monoisotopic (exact) mass is 1220 g/mol. The summed E-state index contributed by atoms with van der Waals surface area (Å²) in [6.45, 7) is 14.3. The molecule has 488 valence electrons. The molecule has 9 fully saturated rings. The van der Waals surface area contributed by atoms with Gasteiger partial charge in [-0.3, -0.25) is 4.79 Å². The molecule has 5 heterocycles. The van der Waals surface area contributed by atoms with Crippen LogP contribution in [0.4, 0.5) is 0 Å². The van der Waals surface area contributed by atoms with E-state index in [-0.39, 0.29) is 47.2 Å². The van der Waals surface area contributed by atoms with Gasteiger partial charge < -0.3 is 124 Å². The highest BCUT2D eigenvalue weighted by Crippen LogP contribution is 2.76. The van der Waals surface area contributed by atoms with Crippen LogP contribution in [0.2, 0.25) is 0 Å². The predicted molar refractivity (Wildman–Crippen MR) is 288 cm³/mol. The van der Waals surface area contributed by atoms with Crippen LogP contribution in [0.5, 0.6) is 0 Å². The van der Waals surface area contributed by atoms with Gasteiger partial charge in [-0.1, -0.05) is 53.2 Å². The van der Waals surface area contributed by atoms with Gasteiger partial charge in [0.15, 0.2) is 25.2 Å². The van der Waals surface area contributed by atoms with Crippen LogP contribution in [0.15, 0.2) is 11.6 Å². The minimum Gasteiger partial charge on any atom is -0.432 e. The van der Waals surface area contributed by atoms with Gasteiger partial charge in [0.05, 0.1) is 50.2 Å². The first-order valence-corrected chi connectivity index (χ1v) is 30.6. The normalized spacial score (nSPS) is 55.3. The molecule has 26 heteroatoms. The summed E-state index contributed by atoms with van der Waals surface area (Å²) in [5.41, 5.74) is -1.93. The molecule has 0 amide bonds. The number of aliphatic hydroxyl groups is 15. The quantitative estimate of drug-likeness (QED) is 0.0513. The van der Waals surface area contributed by atoms with Gasteiger partial charge >= 0.3 is 5.97 Å². The predicted octanol–water partition coefficient (Wildman–Crippen LogP) is -2.54. The minimum absolute atomic E-state index is 0.0670. The summed E-state index contributed by atoms with van der Waals surface area (Å²) in [6, 6.07) is 0. The molecule has 10 rings (SSSR count). The van der Waals surface area contributed by atoms with E-state index in [0.717, 1.165) is 12.8 Å². The van der Waals surface area contributed by atoms with Crippen LogP contribution < -0.4 is 0 Å². The molecule has 0 aromatic rings. The topological polar surface area (TPSA) is 413 Å². The first kappa shape index (κ1) is 66.2. The van der Waals surface area contributed by atoms with Crippen LogP contribution in [-0.4, -0.2) is 263 Å². The molecule has 0 spiro atoms. The number of hydrogen-bond donors (Lipinski definition) is 15. The highest BCUT2D eigenvalue weighted by atomic mass is 16.8. The smallest absolute Gasteiger partial charge is 0.315 e. The number of rotatable bonds is 13. The van der Waals surface area contributed by atoms with Crippen molar-refractivity contribution in [2.45, 2.75) is 273 Å². The van der Waals surface area contributed by atoms with Crippen molar-refractivity contribution in [3.63, 3.8) is 0 Å². The Hall–Kier alpha value is -1.75. The van der Waals surface area contributed by atoms with E-state index in [1.165, 1.54) is 19.4 Å². The molecular weight excluding hydrogens is 1120 g/mol. The number of carbonyl (C=O) groups excluding carboxylic acids is 1. The number of aliphatic hydroxyl groups excluding tert-OH is 15. The molecule has 33 atom stereocenters. The highest BCUT2D eigenvalue weighted by molar-refractivity contribution is 5.79. The van der Waals surface area contributed by atoms with Gasteiger partial charge in [0, 0.05) is 5.41 Å². The van der Waals surface area contributed by atoms with Gasteiger partial charge in [-0.25, -0.2) is 0 Å². The third kappa shape index (κ3) is 11.1. The van der Waals surface area contributed by atoms with E-state index in [1.807, 2.05) is 6.92 Å². The maximum Gasteiger partial charge on any atom is 0.315 e. The molecule has 0 bridgehead atoms. The van der Waals surface area contributed by atoms with Gasteiger partial charge in [0.1, 0.15) is 104 Å². The van der Waals surface area contributed by atoms with E-state index in [2.05, 4.69) is 40.7 Å². The van der Waals surface area contributed by atoms with Crippen molar-refractivity contribution in [3.05, 3.63) is 11.6 Å². The Morgan fingerprint density at radius 3 is 1.76 bits per heavy atom. The molecule has 0 radical (unpaired) electrons. The summed E-state index contributed by atoms with van der Waals surface area (Å²) in [5, 5.41) is 163. The van der Waals surface area contributed by atoms with Crippen LogP contribution in [0.1, 0.15) is 120 Å². The second kappa shape index (κ2) is 24.4. The van der Waals surface area contributed by atoms with Crippen molar-refractivity contribution >= 4 is 5.97 Å². The molecule has 10 aliphatic rings. The second-order valence-electron chi connectivity index (χ2n) is 28.5. The number of allylic oxidation sites excluding steroid dienone is 2. The molecular formula is C59H96O26. The zero-order chi connectivity index (χ0) is 62.0. The lowest BCUT2D eigenvalue weighted by molar-refractivity contribution is -0.365. The zero-order valence-electron chi connectivity index (χ0n) is 49.8. The lowest BCUT2D eigenvalue weighted by atomic mass is 9.33. The molecule has 26 nitrogen and oxygen atoms in total. The van der Waals surface area contributed by atoms with Gasteiger partial charge in [-0.2, -0.15) is 0 Å². The van der Waals surface area contributed by atoms with Crippen molar-refractivity contribution < 1.29 is 129 Å². The maximum absolute atomic E-state index is 15.2. The van der Waals surface area contributed by atoms with Gasteiger partial charge in [-0.05, 0) is 117 Å². The highest BCUT2D eigenvalue weighted by Gasteiger charge is 2.71. The molecule has 5 saturated heterocycles. The van der Waals surface area contributed by atoms with E-state index in [9.17, 15) is 76.6 Å². The van der Waals surface area contributed by atoms with E-state index < -0.39 is 189 Å². The van der Waals surface area contributed by atoms with Crippen molar-refractivity contribution in [2.24, 2.45) is 50.2 Å². The maximum atomic E-state index is 15.2. The Labute approximate surface area is 494 Å². The van der Waals surface area contributed by atoms with Crippen molar-refractivity contribution in [1.29, 1.82) is 0 Å². The average molecular weight is 1220 g/mol. The van der Waals surface area contributed by atoms with Gasteiger partial charge in [-0.15, -0.1) is 0 Å². The molecule has 1 unspecified atom stereocenters. The molecule has 5 aliphatic carbocycles. The SMILES string of the molecule is C[C@@H]1O[C@@H](O[C@H]2[C@H](OC3CC[C@@]4(C)[C@@H](CC[C@]5(C)[C@@H]4CC=C4[C@@H]6CC(C)(C)CC[C@]6(C(=O)O[C@@H]6O[C@H](CO[C@@H]7O[C@H](CO)[C@@H](O[C@@H]8O[C@@H](C)[C@H](O)[C@@H](O)[C@H]8O)[C@H](O)[C@H]7O)[C@@H](O)[C@H](O)[C@H]6O)CC[C@]45C)[C@]3(C)CO)OC[C@H](O)[C@@H]2O)[C@H](O)[C@H](O)[C@H]1O. The van der Waals surface area contributed by atoms with Crippen molar-refractivity contribution in [1.82, 2.24) is 0 Å². The summed E-state index contributed by atoms with van der Waals surface area (Å²) in [6.07, 6.45) is -29.6. The molecule has 85 heavy (non-hydrogen) atoms. The first-order chi connectivity index (χ1) is 39.8. The summed E-state index contributed by atoms with van der Waals surface area (Å²) in [4.78, 5) is 15.2. The van der Waals surface area contributed by atoms with Crippen LogP contribution in [0.25, 0.3) is 0 Å². The van der Waals surface area contributed by atoms with Gasteiger partial charge in [0.25, 0.3) is 0 Å². The Kier molecular flexibility index (Phi) is 19.0. The lowest BCUT2D eigenvalue weighted by Gasteiger charge is -2.71. The third-order valence-corrected chi connectivity index (χ3v) is 23.2.